The van der Waals surface area contributed by atoms with Crippen molar-refractivity contribution in [2.24, 2.45) is 5.92 Å². The molecule has 1 unspecified atom stereocenters. The summed E-state index contributed by atoms with van der Waals surface area (Å²) in [6.45, 7) is 4.00. The molecule has 1 N–H and O–H groups in total. The summed E-state index contributed by atoms with van der Waals surface area (Å²) in [4.78, 5) is 13.8. The van der Waals surface area contributed by atoms with E-state index in [1.54, 1.807) is 0 Å². The van der Waals surface area contributed by atoms with Crippen LogP contribution in [-0.2, 0) is 4.79 Å². The summed E-state index contributed by atoms with van der Waals surface area (Å²) in [5, 5.41) is 3.04. The molecule has 0 aliphatic carbocycles. The third-order valence-corrected chi connectivity index (χ3v) is 3.21. The van der Waals surface area contributed by atoms with E-state index in [0.29, 0.717) is 11.9 Å². The van der Waals surface area contributed by atoms with E-state index in [1.807, 2.05) is 6.92 Å². The molecule has 0 aromatic rings. The Bertz CT molecular complexity index is 191. The zero-order chi connectivity index (χ0) is 10.6. The molecule has 14 heavy (non-hydrogen) atoms. The number of nitrogens with one attached hydrogen (secondary N) is 1. The van der Waals surface area contributed by atoms with E-state index in [9.17, 15) is 4.79 Å². The van der Waals surface area contributed by atoms with Gasteiger partial charge in [0.1, 0.15) is 0 Å². The van der Waals surface area contributed by atoms with Gasteiger partial charge in [-0.25, -0.2) is 0 Å². The first-order valence-corrected chi connectivity index (χ1v) is 5.72. The normalized spacial score (nSPS) is 21.9. The molecule has 0 aromatic carbocycles. The first kappa shape index (κ1) is 11.8. The zero-order valence-corrected chi connectivity index (χ0v) is 9.68. The number of likely N-dealkylation sites (tertiary alicyclic amines) is 1. The summed E-state index contributed by atoms with van der Waals surface area (Å²) in [5.74, 6) is 0.421. The number of hydrogen-bond acceptors (Lipinski definition) is 2. The van der Waals surface area contributed by atoms with E-state index < -0.39 is 0 Å². The number of alkyl halides is 1. The third-order valence-electron chi connectivity index (χ3n) is 2.74. The number of halogens is 1. The molecule has 1 rings (SSSR count). The van der Waals surface area contributed by atoms with Gasteiger partial charge in [0.05, 0.1) is 0 Å². The van der Waals surface area contributed by atoms with Gasteiger partial charge in [-0.05, 0) is 33.0 Å². The lowest BCUT2D eigenvalue weighted by Crippen LogP contribution is -2.45. The SMILES string of the molecule is CC(CCl)C(=O)NC1CCN(C)CC1. The van der Waals surface area contributed by atoms with Crippen LogP contribution in [-0.4, -0.2) is 42.9 Å². The van der Waals surface area contributed by atoms with Crippen LogP contribution in [0.5, 0.6) is 0 Å². The Morgan fingerprint density at radius 2 is 2.14 bits per heavy atom. The maximum atomic E-state index is 11.5. The second kappa shape index (κ2) is 5.56. The Morgan fingerprint density at radius 3 is 2.64 bits per heavy atom. The van der Waals surface area contributed by atoms with Crippen molar-refractivity contribution in [2.45, 2.75) is 25.8 Å². The summed E-state index contributed by atoms with van der Waals surface area (Å²) < 4.78 is 0. The van der Waals surface area contributed by atoms with Crippen molar-refractivity contribution in [3.8, 4) is 0 Å². The average molecular weight is 219 g/mol. The summed E-state index contributed by atoms with van der Waals surface area (Å²) >= 11 is 5.62. The molecule has 0 aromatic heterocycles. The fourth-order valence-corrected chi connectivity index (χ4v) is 1.71. The van der Waals surface area contributed by atoms with Crippen LogP contribution in [0.1, 0.15) is 19.8 Å². The van der Waals surface area contributed by atoms with Gasteiger partial charge < -0.3 is 10.2 Å². The van der Waals surface area contributed by atoms with Crippen molar-refractivity contribution >= 4 is 17.5 Å². The highest BCUT2D eigenvalue weighted by Gasteiger charge is 2.20. The molecule has 1 saturated heterocycles. The summed E-state index contributed by atoms with van der Waals surface area (Å²) in [6, 6.07) is 0.351. The molecule has 0 saturated carbocycles. The van der Waals surface area contributed by atoms with Crippen LogP contribution in [0.2, 0.25) is 0 Å². The molecule has 1 aliphatic heterocycles. The molecular formula is C10H19ClN2O. The Hall–Kier alpha value is -0.280. The predicted molar refractivity (Wildman–Crippen MR) is 58.5 cm³/mol. The van der Waals surface area contributed by atoms with Crippen LogP contribution in [0.15, 0.2) is 0 Å². The summed E-state index contributed by atoms with van der Waals surface area (Å²) in [7, 11) is 2.11. The quantitative estimate of drug-likeness (QED) is 0.719. The average Bonchev–Trinajstić information content (AvgIpc) is 2.20. The van der Waals surface area contributed by atoms with Crippen LogP contribution in [0.25, 0.3) is 0 Å². The van der Waals surface area contributed by atoms with Crippen molar-refractivity contribution in [3.63, 3.8) is 0 Å². The van der Waals surface area contributed by atoms with Crippen LogP contribution in [0.3, 0.4) is 0 Å². The largest absolute Gasteiger partial charge is 0.353 e. The van der Waals surface area contributed by atoms with Gasteiger partial charge in [-0.1, -0.05) is 6.92 Å². The molecular weight excluding hydrogens is 200 g/mol. The van der Waals surface area contributed by atoms with E-state index in [1.165, 1.54) is 0 Å². The molecule has 1 heterocycles. The Morgan fingerprint density at radius 1 is 1.57 bits per heavy atom. The molecule has 82 valence electrons. The lowest BCUT2D eigenvalue weighted by atomic mass is 10.0. The highest BCUT2D eigenvalue weighted by atomic mass is 35.5. The molecule has 3 nitrogen and oxygen atoms in total. The van der Waals surface area contributed by atoms with E-state index in [2.05, 4.69) is 17.3 Å². The number of rotatable bonds is 3. The van der Waals surface area contributed by atoms with Gasteiger partial charge in [-0.15, -0.1) is 11.6 Å². The lowest BCUT2D eigenvalue weighted by Gasteiger charge is -2.30. The molecule has 0 radical (unpaired) electrons. The third kappa shape index (κ3) is 3.46. The van der Waals surface area contributed by atoms with Gasteiger partial charge in [0.15, 0.2) is 0 Å². The van der Waals surface area contributed by atoms with Crippen molar-refractivity contribution in [1.29, 1.82) is 0 Å². The maximum Gasteiger partial charge on any atom is 0.224 e. The fourth-order valence-electron chi connectivity index (χ4n) is 1.57. The zero-order valence-electron chi connectivity index (χ0n) is 8.92. The van der Waals surface area contributed by atoms with Gasteiger partial charge >= 0.3 is 0 Å². The number of nitrogens with zero attached hydrogens (tertiary/aromatic N) is 1. The second-order valence-corrected chi connectivity index (χ2v) is 4.45. The van der Waals surface area contributed by atoms with Crippen molar-refractivity contribution in [1.82, 2.24) is 10.2 Å². The second-order valence-electron chi connectivity index (χ2n) is 4.14. The minimum atomic E-state index is -0.0728. The molecule has 4 heteroatoms. The van der Waals surface area contributed by atoms with Gasteiger partial charge in [0, 0.05) is 17.8 Å². The number of carbonyl (C=O) groups excluding carboxylic acids is 1. The number of piperidine rings is 1. The Kier molecular flexibility index (Phi) is 4.69. The summed E-state index contributed by atoms with van der Waals surface area (Å²) in [6.07, 6.45) is 2.11. The minimum Gasteiger partial charge on any atom is -0.353 e. The van der Waals surface area contributed by atoms with Gasteiger partial charge in [-0.2, -0.15) is 0 Å². The van der Waals surface area contributed by atoms with Gasteiger partial charge in [0.2, 0.25) is 5.91 Å². The highest BCUT2D eigenvalue weighted by Crippen LogP contribution is 2.09. The van der Waals surface area contributed by atoms with Crippen LogP contribution in [0, 0.1) is 5.92 Å². The standard InChI is InChI=1S/C10H19ClN2O/c1-8(7-11)10(14)12-9-3-5-13(2)6-4-9/h8-9H,3-7H2,1-2H3,(H,12,14). The molecule has 0 bridgehead atoms. The predicted octanol–water partition coefficient (Wildman–Crippen LogP) is 1.07. The van der Waals surface area contributed by atoms with Gasteiger partial charge in [-0.3, -0.25) is 4.79 Å². The van der Waals surface area contributed by atoms with Crippen molar-refractivity contribution in [2.75, 3.05) is 26.0 Å². The molecule has 1 amide bonds. The lowest BCUT2D eigenvalue weighted by molar-refractivity contribution is -0.124. The number of hydrogen-bond donors (Lipinski definition) is 1. The van der Waals surface area contributed by atoms with E-state index >= 15 is 0 Å². The van der Waals surface area contributed by atoms with Crippen molar-refractivity contribution in [3.05, 3.63) is 0 Å². The maximum absolute atomic E-state index is 11.5. The first-order valence-electron chi connectivity index (χ1n) is 5.18. The van der Waals surface area contributed by atoms with E-state index in [0.717, 1.165) is 25.9 Å². The van der Waals surface area contributed by atoms with Crippen LogP contribution < -0.4 is 5.32 Å². The van der Waals surface area contributed by atoms with Crippen LogP contribution >= 0.6 is 11.6 Å². The molecule has 0 spiro atoms. The Labute approximate surface area is 90.8 Å². The van der Waals surface area contributed by atoms with Crippen LogP contribution in [0.4, 0.5) is 0 Å². The van der Waals surface area contributed by atoms with E-state index in [4.69, 9.17) is 11.6 Å². The summed E-state index contributed by atoms with van der Waals surface area (Å²) in [5.41, 5.74) is 0. The number of carbonyl (C=O) groups is 1. The minimum absolute atomic E-state index is 0.0728. The topological polar surface area (TPSA) is 32.3 Å². The molecule has 1 atom stereocenters. The Balaban J connectivity index is 2.27. The van der Waals surface area contributed by atoms with E-state index in [-0.39, 0.29) is 11.8 Å². The fraction of sp³-hybridized carbons (Fsp3) is 0.900. The van der Waals surface area contributed by atoms with Crippen molar-refractivity contribution < 1.29 is 4.79 Å². The molecule has 1 aliphatic rings. The highest BCUT2D eigenvalue weighted by molar-refractivity contribution is 6.19. The molecule has 1 fully saturated rings. The monoisotopic (exact) mass is 218 g/mol. The first-order chi connectivity index (χ1) is 6.63. The number of amides is 1. The van der Waals surface area contributed by atoms with Gasteiger partial charge in [0.25, 0.3) is 0 Å². The smallest absolute Gasteiger partial charge is 0.224 e.